The zero-order chi connectivity index (χ0) is 32.8. The van der Waals surface area contributed by atoms with Crippen molar-refractivity contribution in [2.24, 2.45) is 29.1 Å². The lowest BCUT2D eigenvalue weighted by Crippen LogP contribution is -2.48. The highest BCUT2D eigenvalue weighted by molar-refractivity contribution is 6.32. The Morgan fingerprint density at radius 1 is 1.00 bits per heavy atom. The summed E-state index contributed by atoms with van der Waals surface area (Å²) < 4.78 is 20.0. The first-order valence-electron chi connectivity index (χ1n) is 14.5. The Morgan fingerprint density at radius 2 is 1.72 bits per heavy atom. The molecule has 6 atom stereocenters. The van der Waals surface area contributed by atoms with E-state index in [0.717, 1.165) is 28.0 Å². The van der Waals surface area contributed by atoms with Crippen molar-refractivity contribution in [1.82, 2.24) is 0 Å². The summed E-state index contributed by atoms with van der Waals surface area (Å²) in [5.74, 6) is -8.67. The highest BCUT2D eigenvalue weighted by atomic mass is 35.5. The first kappa shape index (κ1) is 29.9. The largest absolute Gasteiger partial charge is 0.507 e. The third kappa shape index (κ3) is 4.02. The number of phenols is 1. The number of hydrogen-bond acceptors (Lipinski definition) is 8. The minimum Gasteiger partial charge on any atom is -0.507 e. The van der Waals surface area contributed by atoms with Crippen LogP contribution in [0.1, 0.15) is 47.6 Å². The van der Waals surface area contributed by atoms with Gasteiger partial charge >= 0.3 is 5.97 Å². The van der Waals surface area contributed by atoms with E-state index in [2.05, 4.69) is 0 Å². The summed E-state index contributed by atoms with van der Waals surface area (Å²) in [7, 11) is 0. The number of hydrogen-bond donors (Lipinski definition) is 3. The molecule has 2 aromatic carbocycles. The molecule has 3 heterocycles. The lowest BCUT2D eigenvalue weighted by molar-refractivity contribution is -0.131. The van der Waals surface area contributed by atoms with Gasteiger partial charge < -0.3 is 19.7 Å². The molecule has 3 N–H and O–H groups in total. The summed E-state index contributed by atoms with van der Waals surface area (Å²) in [5.41, 5.74) is -1.07. The predicted octanol–water partition coefficient (Wildman–Crippen LogP) is 4.40. The number of aliphatic hydroxyl groups is 1. The maximum absolute atomic E-state index is 14.3. The quantitative estimate of drug-likeness (QED) is 0.268. The molecule has 46 heavy (non-hydrogen) atoms. The number of carbonyl (C=O) groups excluding carboxylic acids is 4. The molecule has 13 heteroatoms. The number of aromatic carboxylic acids is 1. The minimum atomic E-state index is -1.42. The van der Waals surface area contributed by atoms with Crippen molar-refractivity contribution in [3.8, 4) is 5.75 Å². The number of carbonyl (C=O) groups is 5. The van der Waals surface area contributed by atoms with Crippen molar-refractivity contribution in [3.05, 3.63) is 88.1 Å². The molecule has 236 valence electrons. The van der Waals surface area contributed by atoms with Gasteiger partial charge in [-0.25, -0.2) is 19.0 Å². The number of imide groups is 2. The van der Waals surface area contributed by atoms with E-state index in [4.69, 9.17) is 16.0 Å². The molecule has 6 unspecified atom stereocenters. The Hall–Kier alpha value is -4.81. The third-order valence-corrected chi connectivity index (χ3v) is 10.3. The first-order chi connectivity index (χ1) is 21.9. The minimum absolute atomic E-state index is 0.00996. The van der Waals surface area contributed by atoms with Crippen molar-refractivity contribution >= 4 is 52.6 Å². The maximum Gasteiger partial charge on any atom is 0.339 e. The number of aliphatic hydroxyl groups excluding tert-OH is 1. The fraction of sp³-hybridized carbons (Fsp3) is 0.303. The summed E-state index contributed by atoms with van der Waals surface area (Å²) >= 11 is 6.02. The van der Waals surface area contributed by atoms with Crippen molar-refractivity contribution in [2.75, 3.05) is 9.80 Å². The van der Waals surface area contributed by atoms with E-state index in [1.54, 1.807) is 19.1 Å². The van der Waals surface area contributed by atoms with Crippen molar-refractivity contribution in [3.63, 3.8) is 0 Å². The first-order valence-corrected chi connectivity index (χ1v) is 14.9. The number of carboxylic acid groups (broad SMARTS) is 1. The molecule has 2 aliphatic carbocycles. The van der Waals surface area contributed by atoms with Gasteiger partial charge in [0.25, 0.3) is 0 Å². The molecule has 0 bridgehead atoms. The lowest BCUT2D eigenvalue weighted by Gasteiger charge is -2.48. The van der Waals surface area contributed by atoms with Gasteiger partial charge in [-0.05, 0) is 68.1 Å². The molecule has 1 saturated carbocycles. The van der Waals surface area contributed by atoms with Gasteiger partial charge in [-0.15, -0.1) is 0 Å². The van der Waals surface area contributed by atoms with Crippen LogP contribution in [0, 0.1) is 34.9 Å². The molecule has 11 nitrogen and oxygen atoms in total. The van der Waals surface area contributed by atoms with Crippen LogP contribution in [0.25, 0.3) is 0 Å². The maximum atomic E-state index is 14.3. The summed E-state index contributed by atoms with van der Waals surface area (Å²) in [6.45, 7) is 1.24. The third-order valence-electron chi connectivity index (χ3n) is 10.0. The van der Waals surface area contributed by atoms with E-state index >= 15 is 0 Å². The Morgan fingerprint density at radius 3 is 2.37 bits per heavy atom. The molecule has 0 spiro atoms. The van der Waals surface area contributed by atoms with E-state index in [0.29, 0.717) is 11.3 Å². The summed E-state index contributed by atoms with van der Waals surface area (Å²) in [6, 6.07) is 10.1. The highest BCUT2D eigenvalue weighted by Gasteiger charge is 2.68. The van der Waals surface area contributed by atoms with Crippen LogP contribution in [0.2, 0.25) is 5.02 Å². The van der Waals surface area contributed by atoms with Gasteiger partial charge in [-0.1, -0.05) is 23.3 Å². The zero-order valence-electron chi connectivity index (χ0n) is 24.1. The van der Waals surface area contributed by atoms with Crippen molar-refractivity contribution in [1.29, 1.82) is 0 Å². The molecule has 1 aromatic heterocycles. The molecular weight excluding hydrogens is 623 g/mol. The second-order valence-corrected chi connectivity index (χ2v) is 12.6. The van der Waals surface area contributed by atoms with Gasteiger partial charge in [0.05, 0.1) is 45.5 Å². The summed E-state index contributed by atoms with van der Waals surface area (Å²) in [5, 5.41) is 29.1. The topological polar surface area (TPSA) is 166 Å². The number of aromatic hydroxyl groups is 1. The number of anilines is 2. The second-order valence-electron chi connectivity index (χ2n) is 12.2. The zero-order valence-corrected chi connectivity index (χ0v) is 24.9. The van der Waals surface area contributed by atoms with Crippen LogP contribution in [0.5, 0.6) is 5.75 Å². The molecular formula is C33H26ClFN2O9. The number of nitrogens with zero attached hydrogens (tertiary/aromatic N) is 2. The number of halogens is 2. The summed E-state index contributed by atoms with van der Waals surface area (Å²) in [4.78, 5) is 69.7. The van der Waals surface area contributed by atoms with Gasteiger partial charge in [-0.3, -0.25) is 19.2 Å². The smallest absolute Gasteiger partial charge is 0.339 e. The van der Waals surface area contributed by atoms with Crippen LogP contribution >= 0.6 is 11.6 Å². The number of benzene rings is 2. The normalized spacial score (nSPS) is 28.7. The molecule has 0 radical (unpaired) electrons. The van der Waals surface area contributed by atoms with Gasteiger partial charge in [0, 0.05) is 6.07 Å². The second kappa shape index (κ2) is 10.4. The van der Waals surface area contributed by atoms with Gasteiger partial charge in [0.2, 0.25) is 23.6 Å². The number of carboxylic acids is 1. The molecule has 2 saturated heterocycles. The number of fused-ring (bicyclic) bond motifs is 4. The lowest BCUT2D eigenvalue weighted by atomic mass is 9.52. The molecule has 2 aliphatic heterocycles. The van der Waals surface area contributed by atoms with E-state index in [9.17, 15) is 43.7 Å². The Labute approximate surface area is 265 Å². The fourth-order valence-electron chi connectivity index (χ4n) is 7.92. The average molecular weight is 649 g/mol. The van der Waals surface area contributed by atoms with Gasteiger partial charge in [0.15, 0.2) is 0 Å². The van der Waals surface area contributed by atoms with Crippen LogP contribution in [-0.4, -0.2) is 44.9 Å². The number of furan rings is 1. The van der Waals surface area contributed by atoms with Gasteiger partial charge in [-0.2, -0.15) is 0 Å². The Kier molecular flexibility index (Phi) is 6.73. The van der Waals surface area contributed by atoms with E-state index < -0.39 is 88.3 Å². The molecule has 3 fully saturated rings. The van der Waals surface area contributed by atoms with Crippen LogP contribution in [0.15, 0.2) is 64.6 Å². The van der Waals surface area contributed by atoms with Crippen molar-refractivity contribution in [2.45, 2.75) is 32.3 Å². The van der Waals surface area contributed by atoms with Crippen LogP contribution in [0.3, 0.4) is 0 Å². The molecule has 4 amide bonds. The Balaban J connectivity index is 1.33. The molecule has 7 rings (SSSR count). The number of amides is 4. The monoisotopic (exact) mass is 648 g/mol. The fourth-order valence-corrected chi connectivity index (χ4v) is 8.09. The van der Waals surface area contributed by atoms with E-state index in [1.165, 1.54) is 18.2 Å². The molecule has 4 aliphatic rings. The summed E-state index contributed by atoms with van der Waals surface area (Å²) in [6.07, 6.45) is 1.99. The van der Waals surface area contributed by atoms with Crippen LogP contribution < -0.4 is 9.80 Å². The average Bonchev–Trinajstić information content (AvgIpc) is 3.65. The van der Waals surface area contributed by atoms with E-state index in [1.807, 2.05) is 6.08 Å². The SMILES string of the molecule is CC12C(=O)N(c3ccc(F)c(Cl)c3)C(=O)C1CC1C(=CCC3C(=O)N(c4ccc(C(=O)O)c(O)c4)C(=O)C31)C2c1ccc(CO)o1. The van der Waals surface area contributed by atoms with Crippen LogP contribution in [-0.2, 0) is 25.8 Å². The van der Waals surface area contributed by atoms with Crippen LogP contribution in [0.4, 0.5) is 15.8 Å². The van der Waals surface area contributed by atoms with E-state index in [-0.39, 0.29) is 35.0 Å². The van der Waals surface area contributed by atoms with Gasteiger partial charge in [0.1, 0.15) is 35.3 Å². The predicted molar refractivity (Wildman–Crippen MR) is 158 cm³/mol. The van der Waals surface area contributed by atoms with Crippen molar-refractivity contribution < 1.29 is 48.1 Å². The standard InChI is InChI=1S/C33H26ClFN2O9/c1-33-21(29(41)37(32(33)45)14-3-8-23(35)22(34)10-14)12-20-17(27(33)25-9-4-16(13-38)46-25)6-7-19-26(20)30(42)36(28(19)40)15-2-5-18(31(43)44)24(39)11-15/h2-6,8-11,19-21,26-27,38-39H,7,12-13H2,1H3,(H,43,44). The Bertz CT molecular complexity index is 1920. The number of rotatable bonds is 5. The highest BCUT2D eigenvalue weighted by Crippen LogP contribution is 2.64. The number of allylic oxidation sites excluding steroid dienone is 2. The molecule has 3 aromatic rings.